The summed E-state index contributed by atoms with van der Waals surface area (Å²) < 4.78 is 52.7. The Morgan fingerprint density at radius 1 is 1.21 bits per heavy atom. The fourth-order valence-electron chi connectivity index (χ4n) is 4.44. The van der Waals surface area contributed by atoms with Gasteiger partial charge in [0.15, 0.2) is 0 Å². The number of pyridine rings is 1. The molecule has 4 rings (SSSR count). The maximum absolute atomic E-state index is 14.2. The summed E-state index contributed by atoms with van der Waals surface area (Å²) in [5, 5.41) is 1.72. The minimum absolute atomic E-state index is 0.0245. The highest BCUT2D eigenvalue weighted by atomic mass is 35.5. The normalized spacial score (nSPS) is 23.4. The lowest BCUT2D eigenvalue weighted by Crippen LogP contribution is -2.35. The van der Waals surface area contributed by atoms with Crippen molar-refractivity contribution in [1.29, 1.82) is 0 Å². The van der Waals surface area contributed by atoms with E-state index in [1.54, 1.807) is 6.07 Å². The summed E-state index contributed by atoms with van der Waals surface area (Å²) in [7, 11) is 0. The van der Waals surface area contributed by atoms with Crippen LogP contribution >= 0.6 is 11.6 Å². The molecule has 28 heavy (non-hydrogen) atoms. The van der Waals surface area contributed by atoms with Gasteiger partial charge in [0.25, 0.3) is 0 Å². The van der Waals surface area contributed by atoms with Crippen LogP contribution in [-0.2, 0) is 17.4 Å². The minimum atomic E-state index is -4.79. The largest absolute Gasteiger partial charge is 0.417 e. The van der Waals surface area contributed by atoms with Gasteiger partial charge in [-0.1, -0.05) is 17.7 Å². The summed E-state index contributed by atoms with van der Waals surface area (Å²) in [6, 6.07) is 4.18. The van der Waals surface area contributed by atoms with Gasteiger partial charge in [0.05, 0.1) is 16.3 Å². The molecule has 1 unspecified atom stereocenters. The Kier molecular flexibility index (Phi) is 4.49. The van der Waals surface area contributed by atoms with Crippen molar-refractivity contribution in [2.45, 2.75) is 31.4 Å². The second-order valence-corrected chi connectivity index (χ2v) is 7.64. The zero-order valence-electron chi connectivity index (χ0n) is 14.4. The van der Waals surface area contributed by atoms with Gasteiger partial charge >= 0.3 is 6.18 Å². The van der Waals surface area contributed by atoms with Crippen LogP contribution in [0.15, 0.2) is 29.1 Å². The summed E-state index contributed by atoms with van der Waals surface area (Å²) in [5.41, 5.74) is -0.176. The summed E-state index contributed by atoms with van der Waals surface area (Å²) in [4.78, 5) is 27.2. The van der Waals surface area contributed by atoms with Crippen LogP contribution in [0.3, 0.4) is 0 Å². The highest BCUT2D eigenvalue weighted by Crippen LogP contribution is 2.50. The first-order chi connectivity index (χ1) is 13.1. The number of aromatic nitrogens is 1. The molecule has 148 valence electrons. The molecular weight excluding hydrogens is 400 g/mol. The zero-order chi connectivity index (χ0) is 20.2. The second kappa shape index (κ2) is 6.62. The lowest BCUT2D eigenvalue weighted by Gasteiger charge is -2.30. The van der Waals surface area contributed by atoms with Crippen molar-refractivity contribution in [3.8, 4) is 0 Å². The molecule has 1 saturated carbocycles. The predicted molar refractivity (Wildman–Crippen MR) is 94.8 cm³/mol. The number of fused-ring (bicyclic) bond motifs is 4. The molecular formula is C19H15ClF4N2O2. The Bertz CT molecular complexity index is 1020. The van der Waals surface area contributed by atoms with Gasteiger partial charge in [0, 0.05) is 17.7 Å². The predicted octanol–water partition coefficient (Wildman–Crippen LogP) is 4.49. The van der Waals surface area contributed by atoms with Crippen LogP contribution in [0.4, 0.5) is 23.2 Å². The van der Waals surface area contributed by atoms with Crippen molar-refractivity contribution < 1.29 is 22.4 Å². The van der Waals surface area contributed by atoms with Crippen LogP contribution in [0.25, 0.3) is 0 Å². The maximum Gasteiger partial charge on any atom is 0.417 e. The number of halogens is 5. The molecule has 0 spiro atoms. The van der Waals surface area contributed by atoms with Gasteiger partial charge in [-0.05, 0) is 48.8 Å². The van der Waals surface area contributed by atoms with E-state index in [0.717, 1.165) is 30.2 Å². The molecule has 2 aromatic rings. The number of alkyl halides is 3. The van der Waals surface area contributed by atoms with Crippen LogP contribution in [0.5, 0.6) is 0 Å². The van der Waals surface area contributed by atoms with Crippen LogP contribution in [0.2, 0.25) is 5.02 Å². The topological polar surface area (TPSA) is 62.0 Å². The Morgan fingerprint density at radius 2 is 1.96 bits per heavy atom. The summed E-state index contributed by atoms with van der Waals surface area (Å²) in [6.45, 7) is 0. The smallest absolute Gasteiger partial charge is 0.326 e. The van der Waals surface area contributed by atoms with Crippen molar-refractivity contribution in [2.24, 2.45) is 11.8 Å². The Labute approximate surface area is 161 Å². The molecule has 2 aliphatic rings. The van der Waals surface area contributed by atoms with E-state index in [1.807, 2.05) is 0 Å². The quantitative estimate of drug-likeness (QED) is 0.711. The Morgan fingerprint density at radius 3 is 2.68 bits per heavy atom. The van der Waals surface area contributed by atoms with Crippen LogP contribution in [-0.4, -0.2) is 10.9 Å². The van der Waals surface area contributed by atoms with Crippen LogP contribution < -0.4 is 10.9 Å². The number of carbonyl (C=O) groups is 1. The van der Waals surface area contributed by atoms with E-state index < -0.39 is 34.4 Å². The number of carbonyl (C=O) groups excluding carboxylic acids is 1. The molecule has 1 aromatic carbocycles. The first-order valence-electron chi connectivity index (χ1n) is 8.74. The highest BCUT2D eigenvalue weighted by molar-refractivity contribution is 6.31. The van der Waals surface area contributed by atoms with E-state index in [1.165, 1.54) is 6.07 Å². The van der Waals surface area contributed by atoms with Crippen molar-refractivity contribution >= 4 is 23.2 Å². The molecule has 3 atom stereocenters. The van der Waals surface area contributed by atoms with Gasteiger partial charge < -0.3 is 10.3 Å². The summed E-state index contributed by atoms with van der Waals surface area (Å²) in [5.74, 6) is -2.25. The first kappa shape index (κ1) is 19.0. The number of nitrogens with one attached hydrogen (secondary N) is 2. The van der Waals surface area contributed by atoms with Gasteiger partial charge in [0.1, 0.15) is 5.82 Å². The third-order valence-corrected chi connectivity index (χ3v) is 5.93. The van der Waals surface area contributed by atoms with Gasteiger partial charge in [-0.15, -0.1) is 0 Å². The van der Waals surface area contributed by atoms with Gasteiger partial charge in [-0.25, -0.2) is 4.39 Å². The Hall–Kier alpha value is -2.35. The number of benzene rings is 1. The molecule has 0 saturated heterocycles. The van der Waals surface area contributed by atoms with E-state index >= 15 is 0 Å². The molecule has 4 nitrogen and oxygen atoms in total. The SMILES string of the molecule is O=C(Nc1cc(Cl)c(C(F)(F)F)cc1F)C1[C@H]2CC[C@H]1c1ccc(=O)[nH]c1C2. The molecule has 1 aromatic heterocycles. The minimum Gasteiger partial charge on any atom is -0.326 e. The monoisotopic (exact) mass is 414 g/mol. The van der Waals surface area contributed by atoms with Gasteiger partial charge in [0.2, 0.25) is 11.5 Å². The third kappa shape index (κ3) is 3.19. The van der Waals surface area contributed by atoms with Crippen molar-refractivity contribution in [2.75, 3.05) is 5.32 Å². The molecule has 0 aliphatic heterocycles. The fourth-order valence-corrected chi connectivity index (χ4v) is 4.71. The van der Waals surface area contributed by atoms with Gasteiger partial charge in [-0.2, -0.15) is 13.2 Å². The van der Waals surface area contributed by atoms with E-state index in [0.29, 0.717) is 6.42 Å². The van der Waals surface area contributed by atoms with Crippen LogP contribution in [0.1, 0.15) is 35.6 Å². The second-order valence-electron chi connectivity index (χ2n) is 7.23. The van der Waals surface area contributed by atoms with E-state index in [2.05, 4.69) is 10.3 Å². The van der Waals surface area contributed by atoms with E-state index in [9.17, 15) is 27.2 Å². The molecule has 2 bridgehead atoms. The number of H-pyrrole nitrogens is 1. The summed E-state index contributed by atoms with van der Waals surface area (Å²) >= 11 is 5.63. The summed E-state index contributed by atoms with van der Waals surface area (Å²) in [6.07, 6.45) is -2.74. The molecule has 9 heteroatoms. The number of rotatable bonds is 2. The fraction of sp³-hybridized carbons (Fsp3) is 0.368. The van der Waals surface area contributed by atoms with E-state index in [-0.39, 0.29) is 29.1 Å². The zero-order valence-corrected chi connectivity index (χ0v) is 15.1. The van der Waals surface area contributed by atoms with Crippen molar-refractivity contribution in [3.63, 3.8) is 0 Å². The molecule has 2 aliphatic carbocycles. The average molecular weight is 415 g/mol. The molecule has 2 N–H and O–H groups in total. The number of anilines is 1. The van der Waals surface area contributed by atoms with Gasteiger partial charge in [-0.3, -0.25) is 9.59 Å². The van der Waals surface area contributed by atoms with Crippen molar-refractivity contribution in [1.82, 2.24) is 4.98 Å². The first-order valence-corrected chi connectivity index (χ1v) is 9.12. The third-order valence-electron chi connectivity index (χ3n) is 5.62. The molecule has 1 fully saturated rings. The number of hydrogen-bond donors (Lipinski definition) is 2. The highest BCUT2D eigenvalue weighted by Gasteiger charge is 2.46. The maximum atomic E-state index is 14.2. The number of aromatic amines is 1. The van der Waals surface area contributed by atoms with Crippen LogP contribution in [0, 0.1) is 17.7 Å². The average Bonchev–Trinajstić information content (AvgIpc) is 2.92. The molecule has 1 amide bonds. The van der Waals surface area contributed by atoms with Crippen molar-refractivity contribution in [3.05, 3.63) is 62.3 Å². The standard InChI is InChI=1S/C19H15ClF4N2O2/c20-12-7-15(13(21)6-11(12)19(22,23)24)26-18(28)17-8-1-2-10(17)9-3-4-16(27)25-14(9)5-8/h3-4,6-8,10,17H,1-2,5H2,(H,25,27)(H,26,28)/t8-,10-,17?/m0/s1. The molecule has 1 heterocycles. The Balaban J connectivity index is 1.61. The number of hydrogen-bond acceptors (Lipinski definition) is 2. The lowest BCUT2D eigenvalue weighted by atomic mass is 9.76. The van der Waals surface area contributed by atoms with E-state index in [4.69, 9.17) is 11.6 Å². The lowest BCUT2D eigenvalue weighted by molar-refractivity contribution is -0.137. The number of amides is 1. The molecule has 0 radical (unpaired) electrons.